The zero-order valence-electron chi connectivity index (χ0n) is 3.07. The lowest BCUT2D eigenvalue weighted by molar-refractivity contribution is 0.765. The molecule has 32 valence electrons. The lowest BCUT2D eigenvalue weighted by Crippen LogP contribution is -2.07. The molecule has 0 spiro atoms. The zero-order valence-corrected chi connectivity index (χ0v) is 3.07. The Bertz CT molecular complexity index is 109. The largest absolute Gasteiger partial charge is 0.322 e. The van der Waals surface area contributed by atoms with Crippen molar-refractivity contribution in [3.8, 4) is 0 Å². The molecule has 0 saturated carbocycles. The van der Waals surface area contributed by atoms with Gasteiger partial charge in [-0.25, -0.2) is 0 Å². The first-order valence-electron chi connectivity index (χ1n) is 1.51. The van der Waals surface area contributed by atoms with E-state index in [9.17, 15) is 0 Å². The molecule has 0 fully saturated rings. The van der Waals surface area contributed by atoms with Gasteiger partial charge in [0.05, 0.1) is 12.4 Å². The van der Waals surface area contributed by atoms with Crippen LogP contribution in [0.1, 0.15) is 0 Å². The molecule has 0 aliphatic rings. The van der Waals surface area contributed by atoms with Crippen molar-refractivity contribution in [3.63, 3.8) is 0 Å². The first kappa shape index (κ1) is 3.14. The van der Waals surface area contributed by atoms with Gasteiger partial charge in [-0.1, -0.05) is 0 Å². The molecular formula is C2H4N4. The highest BCUT2D eigenvalue weighted by molar-refractivity contribution is 4.61. The molecule has 0 aliphatic carbocycles. The van der Waals surface area contributed by atoms with Crippen LogP contribution in [0.15, 0.2) is 12.4 Å². The molecule has 0 bridgehead atoms. The molecular weight excluding hydrogens is 80.1 g/mol. The van der Waals surface area contributed by atoms with Crippen LogP contribution >= 0.6 is 0 Å². The fourth-order valence-corrected chi connectivity index (χ4v) is 0.217. The van der Waals surface area contributed by atoms with E-state index in [-0.39, 0.29) is 0 Å². The Morgan fingerprint density at radius 3 is 2.67 bits per heavy atom. The molecule has 6 heavy (non-hydrogen) atoms. The van der Waals surface area contributed by atoms with Crippen molar-refractivity contribution in [2.45, 2.75) is 0 Å². The van der Waals surface area contributed by atoms with Gasteiger partial charge < -0.3 is 5.84 Å². The quantitative estimate of drug-likeness (QED) is 0.410. The molecule has 2 N–H and O–H groups in total. The van der Waals surface area contributed by atoms with Crippen LogP contribution in [0.5, 0.6) is 0 Å². The average molecular weight is 84.1 g/mol. The molecule has 1 aromatic rings. The first-order valence-corrected chi connectivity index (χ1v) is 1.51. The Hall–Kier alpha value is -1.06. The Kier molecular flexibility index (Phi) is 0.506. The van der Waals surface area contributed by atoms with Crippen LogP contribution in [-0.4, -0.2) is 15.1 Å². The maximum absolute atomic E-state index is 5.02. The molecule has 4 nitrogen and oxygen atoms in total. The van der Waals surface area contributed by atoms with Gasteiger partial charge in [0.1, 0.15) is 0 Å². The minimum atomic E-state index is 1.14. The van der Waals surface area contributed by atoms with Gasteiger partial charge in [-0.15, -0.1) is 5.10 Å². The molecule has 0 aromatic carbocycles. The maximum Gasteiger partial charge on any atom is 0.0715 e. The van der Waals surface area contributed by atoms with Gasteiger partial charge in [-0.3, -0.25) is 0 Å². The van der Waals surface area contributed by atoms with Crippen LogP contribution in [0.4, 0.5) is 0 Å². The van der Waals surface area contributed by atoms with Gasteiger partial charge in [0, 0.05) is 0 Å². The monoisotopic (exact) mass is 84.0 g/mol. The Labute approximate surface area is 34.5 Å². The number of hydrogen-bond acceptors (Lipinski definition) is 3. The summed E-state index contributed by atoms with van der Waals surface area (Å²) in [6.07, 6.45) is 3.07. The van der Waals surface area contributed by atoms with Crippen LogP contribution in [0.2, 0.25) is 0 Å². The number of nitrogen functional groups attached to an aromatic ring is 1. The molecule has 0 radical (unpaired) electrons. The summed E-state index contributed by atoms with van der Waals surface area (Å²) in [7, 11) is 0. The number of aromatic nitrogens is 3. The number of nitrogens with two attached hydrogens (primary N) is 1. The summed E-state index contributed by atoms with van der Waals surface area (Å²) in [5, 5.41) is 6.77. The summed E-state index contributed by atoms with van der Waals surface area (Å²) >= 11 is 0. The van der Waals surface area contributed by atoms with Crippen molar-refractivity contribution in [1.82, 2.24) is 15.1 Å². The van der Waals surface area contributed by atoms with Crippen LogP contribution in [0, 0.1) is 0 Å². The van der Waals surface area contributed by atoms with Crippen molar-refractivity contribution < 1.29 is 0 Å². The highest BCUT2D eigenvalue weighted by Crippen LogP contribution is 1.62. The second-order valence-electron chi connectivity index (χ2n) is 0.883. The predicted molar refractivity (Wildman–Crippen MR) is 20.2 cm³/mol. The standard InChI is InChI=1S/C2H4N4/c3-6-2-1-4-5-6/h1-2H,3H2. The van der Waals surface area contributed by atoms with E-state index < -0.39 is 0 Å². The van der Waals surface area contributed by atoms with Gasteiger partial charge in [-0.2, -0.15) is 4.79 Å². The van der Waals surface area contributed by atoms with Gasteiger partial charge in [0.2, 0.25) is 0 Å². The molecule has 0 amide bonds. The highest BCUT2D eigenvalue weighted by atomic mass is 15.5. The fraction of sp³-hybridized carbons (Fsp3) is 0. The molecule has 1 aromatic heterocycles. The number of hydrogen-bond donors (Lipinski definition) is 1. The van der Waals surface area contributed by atoms with Crippen molar-refractivity contribution in [1.29, 1.82) is 0 Å². The smallest absolute Gasteiger partial charge is 0.0715 e. The third-order valence-corrected chi connectivity index (χ3v) is 0.441. The topological polar surface area (TPSA) is 56.7 Å². The SMILES string of the molecule is Nn1ccnn1. The molecule has 0 saturated heterocycles. The molecule has 0 unspecified atom stereocenters. The van der Waals surface area contributed by atoms with Gasteiger partial charge >= 0.3 is 0 Å². The van der Waals surface area contributed by atoms with Crippen molar-refractivity contribution in [3.05, 3.63) is 12.4 Å². The van der Waals surface area contributed by atoms with E-state index in [2.05, 4.69) is 10.3 Å². The maximum atomic E-state index is 5.02. The van der Waals surface area contributed by atoms with Crippen molar-refractivity contribution in [2.24, 2.45) is 0 Å². The summed E-state index contributed by atoms with van der Waals surface area (Å²) < 4.78 is 0. The lowest BCUT2D eigenvalue weighted by Gasteiger charge is -1.76. The van der Waals surface area contributed by atoms with E-state index in [4.69, 9.17) is 5.84 Å². The first-order chi connectivity index (χ1) is 2.89. The third kappa shape index (κ3) is 0.314. The Morgan fingerprint density at radius 2 is 2.50 bits per heavy atom. The average Bonchev–Trinajstić information content (AvgIpc) is 1.86. The second kappa shape index (κ2) is 0.965. The molecule has 4 heteroatoms. The zero-order chi connectivity index (χ0) is 4.41. The lowest BCUT2D eigenvalue weighted by atomic mass is 11.0. The molecule has 0 aliphatic heterocycles. The van der Waals surface area contributed by atoms with E-state index >= 15 is 0 Å². The minimum Gasteiger partial charge on any atom is -0.322 e. The van der Waals surface area contributed by atoms with Gasteiger partial charge in [0.15, 0.2) is 0 Å². The minimum absolute atomic E-state index is 1.14. The van der Waals surface area contributed by atoms with Gasteiger partial charge in [0.25, 0.3) is 0 Å². The normalized spacial score (nSPS) is 8.67. The molecule has 1 heterocycles. The predicted octanol–water partition coefficient (Wildman–Crippen LogP) is -1.01. The number of rotatable bonds is 0. The summed E-state index contributed by atoms with van der Waals surface area (Å²) in [4.78, 5) is 1.14. The van der Waals surface area contributed by atoms with Crippen LogP contribution in [-0.2, 0) is 0 Å². The molecule has 1 rings (SSSR count). The second-order valence-corrected chi connectivity index (χ2v) is 0.883. The van der Waals surface area contributed by atoms with E-state index in [1.54, 1.807) is 6.20 Å². The van der Waals surface area contributed by atoms with Crippen LogP contribution < -0.4 is 5.84 Å². The van der Waals surface area contributed by atoms with E-state index in [1.165, 1.54) is 6.20 Å². The summed E-state index contributed by atoms with van der Waals surface area (Å²) in [5.41, 5.74) is 0. The van der Waals surface area contributed by atoms with Crippen LogP contribution in [0.3, 0.4) is 0 Å². The highest BCUT2D eigenvalue weighted by Gasteiger charge is 1.71. The van der Waals surface area contributed by atoms with Gasteiger partial charge in [-0.05, 0) is 5.21 Å². The van der Waals surface area contributed by atoms with Crippen molar-refractivity contribution in [2.75, 3.05) is 5.84 Å². The van der Waals surface area contributed by atoms with Crippen LogP contribution in [0.25, 0.3) is 0 Å². The van der Waals surface area contributed by atoms with E-state index in [0.29, 0.717) is 0 Å². The van der Waals surface area contributed by atoms with E-state index in [1.807, 2.05) is 0 Å². The fourth-order valence-electron chi connectivity index (χ4n) is 0.217. The number of nitrogens with zero attached hydrogens (tertiary/aromatic N) is 3. The summed E-state index contributed by atoms with van der Waals surface area (Å²) in [5.74, 6) is 5.02. The van der Waals surface area contributed by atoms with Crippen molar-refractivity contribution >= 4 is 0 Å². The Morgan fingerprint density at radius 1 is 1.67 bits per heavy atom. The summed E-state index contributed by atoms with van der Waals surface area (Å²) in [6, 6.07) is 0. The molecule has 0 atom stereocenters. The van der Waals surface area contributed by atoms with E-state index in [0.717, 1.165) is 4.79 Å². The third-order valence-electron chi connectivity index (χ3n) is 0.441. The summed E-state index contributed by atoms with van der Waals surface area (Å²) in [6.45, 7) is 0. The Balaban J connectivity index is 3.05.